The van der Waals surface area contributed by atoms with E-state index in [2.05, 4.69) is 16.9 Å². The molecule has 1 saturated heterocycles. The number of aromatic nitrogens is 3. The summed E-state index contributed by atoms with van der Waals surface area (Å²) in [5.41, 5.74) is 4.94. The summed E-state index contributed by atoms with van der Waals surface area (Å²) in [5.74, 6) is 0.0186. The summed E-state index contributed by atoms with van der Waals surface area (Å²) < 4.78 is 7.14. The molecular formula is C21H25N5O2. The maximum absolute atomic E-state index is 13.1. The fourth-order valence-electron chi connectivity index (χ4n) is 3.67. The van der Waals surface area contributed by atoms with Crippen LogP contribution in [0.1, 0.15) is 21.7 Å². The monoisotopic (exact) mass is 379 g/mol. The van der Waals surface area contributed by atoms with Crippen LogP contribution in [0, 0.1) is 6.92 Å². The number of piperazine rings is 1. The maximum atomic E-state index is 13.1. The predicted molar refractivity (Wildman–Crippen MR) is 107 cm³/mol. The van der Waals surface area contributed by atoms with Gasteiger partial charge < -0.3 is 14.5 Å². The van der Waals surface area contributed by atoms with Gasteiger partial charge in [0.1, 0.15) is 0 Å². The Bertz CT molecular complexity index is 991. The van der Waals surface area contributed by atoms with E-state index in [9.17, 15) is 4.79 Å². The molecule has 0 N–H and O–H groups in total. The molecule has 146 valence electrons. The van der Waals surface area contributed by atoms with Crippen LogP contribution in [0.5, 0.6) is 0 Å². The van der Waals surface area contributed by atoms with Crippen molar-refractivity contribution in [1.29, 1.82) is 0 Å². The molecule has 3 aromatic rings. The standard InChI is InChI=1S/C21H25N5O2/c1-15-17(21(27)25-11-9-24(2)10-12-25)13-22-20-19(16-7-5-4-6-8-16)18(14-28-3)23-26(15)20/h4-8,13H,9-12,14H2,1-3H3. The largest absolute Gasteiger partial charge is 0.378 e. The Kier molecular flexibility index (Phi) is 5.11. The van der Waals surface area contributed by atoms with Crippen LogP contribution >= 0.6 is 0 Å². The van der Waals surface area contributed by atoms with E-state index in [-0.39, 0.29) is 5.91 Å². The van der Waals surface area contributed by atoms with Gasteiger partial charge in [0.15, 0.2) is 5.65 Å². The molecule has 1 aliphatic rings. The Balaban J connectivity index is 1.78. The molecular weight excluding hydrogens is 354 g/mol. The molecule has 0 unspecified atom stereocenters. The highest BCUT2D eigenvalue weighted by molar-refractivity contribution is 5.95. The second-order valence-electron chi connectivity index (χ2n) is 7.21. The highest BCUT2D eigenvalue weighted by Gasteiger charge is 2.25. The van der Waals surface area contributed by atoms with Gasteiger partial charge in [-0.1, -0.05) is 30.3 Å². The lowest BCUT2D eigenvalue weighted by molar-refractivity contribution is 0.0662. The molecule has 0 saturated carbocycles. The lowest BCUT2D eigenvalue weighted by Gasteiger charge is -2.32. The number of aryl methyl sites for hydroxylation is 1. The third-order valence-corrected chi connectivity index (χ3v) is 5.32. The number of benzene rings is 1. The zero-order valence-corrected chi connectivity index (χ0v) is 16.6. The first kappa shape index (κ1) is 18.6. The van der Waals surface area contributed by atoms with E-state index >= 15 is 0 Å². The molecule has 0 aliphatic carbocycles. The number of rotatable bonds is 4. The van der Waals surface area contributed by atoms with Crippen LogP contribution in [0.3, 0.4) is 0 Å². The van der Waals surface area contributed by atoms with E-state index in [1.807, 2.05) is 42.2 Å². The van der Waals surface area contributed by atoms with Crippen molar-refractivity contribution in [2.45, 2.75) is 13.5 Å². The molecule has 7 nitrogen and oxygen atoms in total. The minimum absolute atomic E-state index is 0.0186. The van der Waals surface area contributed by atoms with Crippen LogP contribution in [-0.2, 0) is 11.3 Å². The molecule has 0 radical (unpaired) electrons. The number of nitrogens with zero attached hydrogens (tertiary/aromatic N) is 5. The Morgan fingerprint density at radius 2 is 1.86 bits per heavy atom. The number of methoxy groups -OCH3 is 1. The third-order valence-electron chi connectivity index (χ3n) is 5.32. The van der Waals surface area contributed by atoms with Gasteiger partial charge in [0.25, 0.3) is 5.91 Å². The number of amides is 1. The summed E-state index contributed by atoms with van der Waals surface area (Å²) in [7, 11) is 3.73. The van der Waals surface area contributed by atoms with Crippen LogP contribution in [0.15, 0.2) is 36.5 Å². The van der Waals surface area contributed by atoms with Crippen LogP contribution in [0.4, 0.5) is 0 Å². The highest BCUT2D eigenvalue weighted by Crippen LogP contribution is 2.29. The third kappa shape index (κ3) is 3.27. The van der Waals surface area contributed by atoms with Gasteiger partial charge in [-0.25, -0.2) is 9.50 Å². The lowest BCUT2D eigenvalue weighted by Crippen LogP contribution is -2.47. The first-order valence-electron chi connectivity index (χ1n) is 9.49. The molecule has 1 aliphatic heterocycles. The van der Waals surface area contributed by atoms with Gasteiger partial charge in [0, 0.05) is 39.5 Å². The topological polar surface area (TPSA) is 63.0 Å². The molecule has 1 amide bonds. The van der Waals surface area contributed by atoms with Crippen molar-refractivity contribution in [2.75, 3.05) is 40.3 Å². The Morgan fingerprint density at radius 3 is 2.54 bits per heavy atom. The number of fused-ring (bicyclic) bond motifs is 1. The number of ether oxygens (including phenoxy) is 1. The quantitative estimate of drug-likeness (QED) is 0.696. The summed E-state index contributed by atoms with van der Waals surface area (Å²) in [6.45, 7) is 5.55. The van der Waals surface area contributed by atoms with Gasteiger partial charge >= 0.3 is 0 Å². The fourth-order valence-corrected chi connectivity index (χ4v) is 3.67. The van der Waals surface area contributed by atoms with Crippen molar-refractivity contribution in [3.8, 4) is 11.1 Å². The molecule has 0 atom stereocenters. The molecule has 3 heterocycles. The average molecular weight is 379 g/mol. The Labute approximate surface area is 164 Å². The van der Waals surface area contributed by atoms with E-state index in [4.69, 9.17) is 9.84 Å². The lowest BCUT2D eigenvalue weighted by atomic mass is 10.1. The number of carbonyl (C=O) groups is 1. The molecule has 4 rings (SSSR count). The minimum Gasteiger partial charge on any atom is -0.378 e. The average Bonchev–Trinajstić information content (AvgIpc) is 3.08. The summed E-state index contributed by atoms with van der Waals surface area (Å²) in [6.07, 6.45) is 1.69. The molecule has 1 fully saturated rings. The Hall–Kier alpha value is -2.77. The number of carbonyl (C=O) groups excluding carboxylic acids is 1. The van der Waals surface area contributed by atoms with Crippen molar-refractivity contribution in [3.05, 3.63) is 53.5 Å². The van der Waals surface area contributed by atoms with Crippen LogP contribution in [-0.4, -0.2) is 70.6 Å². The van der Waals surface area contributed by atoms with E-state index < -0.39 is 0 Å². The summed E-state index contributed by atoms with van der Waals surface area (Å²) >= 11 is 0. The van der Waals surface area contributed by atoms with Crippen LogP contribution in [0.2, 0.25) is 0 Å². The van der Waals surface area contributed by atoms with Crippen LogP contribution in [0.25, 0.3) is 16.8 Å². The summed E-state index contributed by atoms with van der Waals surface area (Å²) in [5, 5.41) is 4.73. The van der Waals surface area contributed by atoms with Gasteiger partial charge in [-0.3, -0.25) is 4.79 Å². The number of hydrogen-bond donors (Lipinski definition) is 0. The molecule has 1 aromatic carbocycles. The van der Waals surface area contributed by atoms with E-state index in [1.54, 1.807) is 17.8 Å². The molecule has 0 bridgehead atoms. The number of likely N-dealkylation sites (N-methyl/N-ethyl adjacent to an activating group) is 1. The highest BCUT2D eigenvalue weighted by atomic mass is 16.5. The zero-order valence-electron chi connectivity index (χ0n) is 16.6. The minimum atomic E-state index is 0.0186. The molecule has 2 aromatic heterocycles. The smallest absolute Gasteiger partial charge is 0.257 e. The number of hydrogen-bond acceptors (Lipinski definition) is 5. The first-order chi connectivity index (χ1) is 13.6. The van der Waals surface area contributed by atoms with E-state index in [0.29, 0.717) is 12.2 Å². The van der Waals surface area contributed by atoms with Gasteiger partial charge in [0.05, 0.1) is 29.1 Å². The first-order valence-corrected chi connectivity index (χ1v) is 9.49. The predicted octanol–water partition coefficient (Wildman–Crippen LogP) is 2.24. The van der Waals surface area contributed by atoms with Gasteiger partial charge in [-0.05, 0) is 19.5 Å². The van der Waals surface area contributed by atoms with Gasteiger partial charge in [-0.15, -0.1) is 0 Å². The van der Waals surface area contributed by atoms with Crippen molar-refractivity contribution in [2.24, 2.45) is 0 Å². The van der Waals surface area contributed by atoms with E-state index in [1.165, 1.54) is 0 Å². The second-order valence-corrected chi connectivity index (χ2v) is 7.21. The Morgan fingerprint density at radius 1 is 1.14 bits per heavy atom. The normalized spacial score (nSPS) is 15.3. The molecule has 7 heteroatoms. The molecule has 0 spiro atoms. The molecule has 28 heavy (non-hydrogen) atoms. The fraction of sp³-hybridized carbons (Fsp3) is 0.381. The van der Waals surface area contributed by atoms with Crippen molar-refractivity contribution in [1.82, 2.24) is 24.4 Å². The van der Waals surface area contributed by atoms with E-state index in [0.717, 1.165) is 54.3 Å². The summed E-state index contributed by atoms with van der Waals surface area (Å²) in [4.78, 5) is 21.8. The maximum Gasteiger partial charge on any atom is 0.257 e. The van der Waals surface area contributed by atoms with Crippen LogP contribution < -0.4 is 0 Å². The van der Waals surface area contributed by atoms with Crippen molar-refractivity contribution in [3.63, 3.8) is 0 Å². The zero-order chi connectivity index (χ0) is 19.7. The summed E-state index contributed by atoms with van der Waals surface area (Å²) in [6, 6.07) is 10.0. The second kappa shape index (κ2) is 7.69. The van der Waals surface area contributed by atoms with Crippen molar-refractivity contribution < 1.29 is 9.53 Å². The van der Waals surface area contributed by atoms with Crippen molar-refractivity contribution >= 4 is 11.6 Å². The SMILES string of the molecule is COCc1nn2c(C)c(C(=O)N3CCN(C)CC3)cnc2c1-c1ccccc1. The van der Waals surface area contributed by atoms with Gasteiger partial charge in [-0.2, -0.15) is 5.10 Å². The van der Waals surface area contributed by atoms with Gasteiger partial charge in [0.2, 0.25) is 0 Å².